The topological polar surface area (TPSA) is 165 Å². The Morgan fingerprint density at radius 2 is 1.59 bits per heavy atom. The van der Waals surface area contributed by atoms with E-state index >= 15 is 0 Å². The highest BCUT2D eigenvalue weighted by molar-refractivity contribution is 6.00. The van der Waals surface area contributed by atoms with Gasteiger partial charge in [0.15, 0.2) is 0 Å². The molecule has 0 spiro atoms. The molecule has 8 rings (SSSR count). The van der Waals surface area contributed by atoms with Gasteiger partial charge in [-0.25, -0.2) is 0 Å². The minimum absolute atomic E-state index is 0.0223. The van der Waals surface area contributed by atoms with Crippen molar-refractivity contribution in [3.05, 3.63) is 93.9 Å². The van der Waals surface area contributed by atoms with Crippen molar-refractivity contribution in [2.75, 3.05) is 55.6 Å². The highest BCUT2D eigenvalue weighted by Crippen LogP contribution is 2.56. The van der Waals surface area contributed by atoms with Crippen LogP contribution in [0.15, 0.2) is 76.6 Å². The summed E-state index contributed by atoms with van der Waals surface area (Å²) in [6, 6.07) is 17.3. The van der Waals surface area contributed by atoms with Gasteiger partial charge in [-0.1, -0.05) is 27.7 Å². The maximum absolute atomic E-state index is 13.6. The lowest BCUT2D eigenvalue weighted by Gasteiger charge is -2.63. The molecule has 0 radical (unpaired) electrons. The molecular formula is C47H52F3N9O5. The number of amides is 3. The summed E-state index contributed by atoms with van der Waals surface area (Å²) in [4.78, 5) is 61.5. The van der Waals surface area contributed by atoms with Crippen LogP contribution < -0.4 is 30.7 Å². The van der Waals surface area contributed by atoms with Gasteiger partial charge in [-0.05, 0) is 85.8 Å². The lowest BCUT2D eigenvalue weighted by Crippen LogP contribution is -2.74. The van der Waals surface area contributed by atoms with Crippen LogP contribution in [0.4, 0.5) is 24.5 Å². The minimum atomic E-state index is -4.69. The van der Waals surface area contributed by atoms with Crippen LogP contribution in [0.25, 0.3) is 10.8 Å². The number of piperidine rings is 2. The highest BCUT2D eigenvalue weighted by Gasteiger charge is 2.64. The van der Waals surface area contributed by atoms with E-state index in [-0.39, 0.29) is 42.0 Å². The molecule has 4 heterocycles. The standard InChI is InChI=1S/C47H52F3N9O5/c1-45(2)43(46(3,4)44(45)64-35-11-7-31(25-51)37(24-35)47(48,49)50)55-40(61)30-5-8-33(9-6-30)57-17-15-29(16-18-57)27-56-19-21-58(22-20-56)34-10-12-36-32(23-34)26-53-59(42(36)63)28-52-38-13-14-39(60)54-41(38)62/h5-12,23-24,26,28-29,38,43-44H,13-22,27H2,1-4H3,(H,55,61)(H,54,60,62)/t38-,43?,44?/m0/s1. The lowest BCUT2D eigenvalue weighted by atomic mass is 9.49. The van der Waals surface area contributed by atoms with Crippen LogP contribution >= 0.6 is 0 Å². The molecule has 1 atom stereocenters. The first-order valence-electron chi connectivity index (χ1n) is 21.7. The zero-order valence-corrected chi connectivity index (χ0v) is 36.3. The Morgan fingerprint density at radius 3 is 2.25 bits per heavy atom. The Labute approximate surface area is 369 Å². The fourth-order valence-corrected chi connectivity index (χ4v) is 10.2. The molecule has 4 aliphatic rings. The number of nitrogens with one attached hydrogen (secondary N) is 2. The molecule has 4 fully saturated rings. The fraction of sp³-hybridized carbons (Fsp3) is 0.468. The first kappa shape index (κ1) is 44.3. The van der Waals surface area contributed by atoms with Crippen molar-refractivity contribution >= 4 is 46.2 Å². The van der Waals surface area contributed by atoms with Gasteiger partial charge in [0.25, 0.3) is 17.4 Å². The van der Waals surface area contributed by atoms with E-state index in [0.29, 0.717) is 16.9 Å². The smallest absolute Gasteiger partial charge is 0.417 e. The van der Waals surface area contributed by atoms with Crippen molar-refractivity contribution in [2.45, 2.75) is 77.7 Å². The summed E-state index contributed by atoms with van der Waals surface area (Å²) in [5, 5.41) is 20.1. The molecule has 1 saturated carbocycles. The molecule has 0 bridgehead atoms. The quantitative estimate of drug-likeness (QED) is 0.116. The summed E-state index contributed by atoms with van der Waals surface area (Å²) in [6.07, 6.45) is 0.291. The van der Waals surface area contributed by atoms with E-state index in [0.717, 1.165) is 92.2 Å². The number of benzene rings is 3. The third kappa shape index (κ3) is 8.93. The molecule has 3 aromatic carbocycles. The fourth-order valence-electron chi connectivity index (χ4n) is 10.2. The monoisotopic (exact) mass is 879 g/mol. The second-order valence-corrected chi connectivity index (χ2v) is 18.5. The molecule has 1 aliphatic carbocycles. The Bertz CT molecular complexity index is 2550. The summed E-state index contributed by atoms with van der Waals surface area (Å²) >= 11 is 0. The van der Waals surface area contributed by atoms with E-state index in [2.05, 4.69) is 35.4 Å². The number of alkyl halides is 3. The van der Waals surface area contributed by atoms with Crippen LogP contribution in [0.3, 0.4) is 0 Å². The second kappa shape index (κ2) is 17.4. The number of aliphatic imine (C=N–C) groups is 1. The zero-order valence-electron chi connectivity index (χ0n) is 36.3. The first-order valence-corrected chi connectivity index (χ1v) is 21.7. The molecule has 14 nitrogen and oxygen atoms in total. The number of imide groups is 1. The molecule has 3 aliphatic heterocycles. The predicted molar refractivity (Wildman–Crippen MR) is 235 cm³/mol. The minimum Gasteiger partial charge on any atom is -0.489 e. The number of ether oxygens (including phenoxy) is 1. The van der Waals surface area contributed by atoms with Gasteiger partial charge in [-0.2, -0.15) is 28.2 Å². The summed E-state index contributed by atoms with van der Waals surface area (Å²) in [5.74, 6) is -0.436. The molecule has 336 valence electrons. The second-order valence-electron chi connectivity index (χ2n) is 18.5. The van der Waals surface area contributed by atoms with Crippen molar-refractivity contribution in [2.24, 2.45) is 21.7 Å². The largest absolute Gasteiger partial charge is 0.489 e. The molecule has 17 heteroatoms. The van der Waals surface area contributed by atoms with Gasteiger partial charge in [0.1, 0.15) is 24.2 Å². The third-order valence-corrected chi connectivity index (χ3v) is 13.5. The molecule has 1 aromatic heterocycles. The van der Waals surface area contributed by atoms with Gasteiger partial charge in [-0.3, -0.25) is 34.4 Å². The van der Waals surface area contributed by atoms with Crippen LogP contribution in [0.2, 0.25) is 0 Å². The van der Waals surface area contributed by atoms with Gasteiger partial charge in [0.05, 0.1) is 28.8 Å². The number of aromatic nitrogens is 2. The first-order chi connectivity index (χ1) is 30.4. The lowest BCUT2D eigenvalue weighted by molar-refractivity contribution is -0.164. The Hall–Kier alpha value is -6.28. The normalized spacial score (nSPS) is 22.8. The van der Waals surface area contributed by atoms with Crippen LogP contribution in [0.1, 0.15) is 74.9 Å². The van der Waals surface area contributed by atoms with E-state index < -0.39 is 46.2 Å². The molecule has 3 amide bonds. The molecule has 2 N–H and O–H groups in total. The van der Waals surface area contributed by atoms with Gasteiger partial charge >= 0.3 is 6.18 Å². The van der Waals surface area contributed by atoms with E-state index in [1.54, 1.807) is 18.3 Å². The average Bonchev–Trinajstić information content (AvgIpc) is 3.27. The highest BCUT2D eigenvalue weighted by atomic mass is 19.4. The van der Waals surface area contributed by atoms with Crippen molar-refractivity contribution in [1.29, 1.82) is 5.26 Å². The SMILES string of the molecule is CC1(C)C(NC(=O)c2ccc(N3CCC(CN4CCN(c5ccc6c(=O)n(C=N[C@H]7CCC(=O)NC7=O)ncc6c5)CC4)CC3)cc2)C(C)(C)C1Oc1ccc(C#N)c(C(F)(F)F)c1. The summed E-state index contributed by atoms with van der Waals surface area (Å²) in [5.41, 5.74) is -0.431. The van der Waals surface area contributed by atoms with Crippen LogP contribution in [-0.4, -0.2) is 103 Å². The Kier molecular flexibility index (Phi) is 12.0. The van der Waals surface area contributed by atoms with Crippen LogP contribution in [0.5, 0.6) is 5.75 Å². The predicted octanol–water partition coefficient (Wildman–Crippen LogP) is 5.62. The number of anilines is 2. The number of hydrogen-bond acceptors (Lipinski definition) is 11. The summed E-state index contributed by atoms with van der Waals surface area (Å²) in [7, 11) is 0. The van der Waals surface area contributed by atoms with E-state index in [1.165, 1.54) is 12.4 Å². The van der Waals surface area contributed by atoms with Crippen molar-refractivity contribution < 1.29 is 32.3 Å². The number of carbonyl (C=O) groups is 3. The number of rotatable bonds is 10. The maximum Gasteiger partial charge on any atom is 0.417 e. The van der Waals surface area contributed by atoms with Crippen molar-refractivity contribution in [3.63, 3.8) is 0 Å². The number of nitrogens with zero attached hydrogens (tertiary/aromatic N) is 7. The Balaban J connectivity index is 0.788. The van der Waals surface area contributed by atoms with Gasteiger partial charge in [-0.15, -0.1) is 0 Å². The maximum atomic E-state index is 13.6. The number of piperazine rings is 1. The number of carbonyl (C=O) groups excluding carboxylic acids is 3. The van der Waals surface area contributed by atoms with Gasteiger partial charge < -0.3 is 19.9 Å². The van der Waals surface area contributed by atoms with Crippen molar-refractivity contribution in [1.82, 2.24) is 25.3 Å². The Morgan fingerprint density at radius 1 is 0.922 bits per heavy atom. The molecule has 3 saturated heterocycles. The van der Waals surface area contributed by atoms with E-state index in [1.807, 2.05) is 64.1 Å². The van der Waals surface area contributed by atoms with Crippen molar-refractivity contribution in [3.8, 4) is 11.8 Å². The number of nitriles is 1. The van der Waals surface area contributed by atoms with E-state index in [9.17, 15) is 37.6 Å². The summed E-state index contributed by atoms with van der Waals surface area (Å²) in [6.45, 7) is 14.2. The van der Waals surface area contributed by atoms with E-state index in [4.69, 9.17) is 4.74 Å². The molecule has 0 unspecified atom stereocenters. The van der Waals surface area contributed by atoms with Gasteiger partial charge in [0.2, 0.25) is 5.91 Å². The van der Waals surface area contributed by atoms with Crippen LogP contribution in [0, 0.1) is 28.1 Å². The molecule has 64 heavy (non-hydrogen) atoms. The molecular weight excluding hydrogens is 828 g/mol. The number of halogens is 3. The average molecular weight is 880 g/mol. The zero-order chi connectivity index (χ0) is 45.6. The third-order valence-electron chi connectivity index (χ3n) is 13.5. The number of fused-ring (bicyclic) bond motifs is 1. The number of hydrogen-bond donors (Lipinski definition) is 2. The molecule has 4 aromatic rings. The van der Waals surface area contributed by atoms with Gasteiger partial charge in [0, 0.05) is 91.4 Å². The van der Waals surface area contributed by atoms with Crippen LogP contribution in [-0.2, 0) is 15.8 Å². The summed E-state index contributed by atoms with van der Waals surface area (Å²) < 4.78 is 48.1.